The number of nitrogens with two attached hydrogens (primary N) is 1. The van der Waals surface area contributed by atoms with Crippen LogP contribution >= 0.6 is 0 Å². The molecule has 0 saturated heterocycles. The molecule has 1 amide bonds. The molecule has 0 saturated carbocycles. The van der Waals surface area contributed by atoms with Crippen molar-refractivity contribution >= 4 is 5.91 Å². The highest BCUT2D eigenvalue weighted by atomic mass is 16.5. The van der Waals surface area contributed by atoms with Gasteiger partial charge in [0, 0.05) is 5.54 Å². The number of carbonyl (C=O) groups excluding carboxylic acids is 1. The Hall–Kier alpha value is -1.43. The van der Waals surface area contributed by atoms with Gasteiger partial charge in [-0.2, -0.15) is 4.98 Å². The van der Waals surface area contributed by atoms with Crippen molar-refractivity contribution in [3.8, 4) is 0 Å². The van der Waals surface area contributed by atoms with Crippen molar-refractivity contribution in [1.29, 1.82) is 0 Å². The first kappa shape index (κ1) is 13.6. The van der Waals surface area contributed by atoms with Crippen LogP contribution in [-0.4, -0.2) is 21.6 Å². The first-order valence-electron chi connectivity index (χ1n) is 5.51. The van der Waals surface area contributed by atoms with E-state index in [1.54, 1.807) is 20.8 Å². The average Bonchev–Trinajstić information content (AvgIpc) is 2.58. The number of nitrogens with zero attached hydrogens (tertiary/aromatic N) is 2. The van der Waals surface area contributed by atoms with Crippen LogP contribution in [0.2, 0.25) is 0 Å². The van der Waals surface area contributed by atoms with E-state index in [0.29, 0.717) is 11.7 Å². The summed E-state index contributed by atoms with van der Waals surface area (Å²) in [5.41, 5.74) is 4.69. The molecule has 0 spiro atoms. The van der Waals surface area contributed by atoms with E-state index >= 15 is 0 Å². The highest BCUT2D eigenvalue weighted by Crippen LogP contribution is 2.28. The molecule has 0 fully saturated rings. The quantitative estimate of drug-likeness (QED) is 0.810. The van der Waals surface area contributed by atoms with Crippen molar-refractivity contribution in [3.63, 3.8) is 0 Å². The van der Waals surface area contributed by atoms with Crippen molar-refractivity contribution in [1.82, 2.24) is 15.5 Å². The fourth-order valence-electron chi connectivity index (χ4n) is 1.08. The monoisotopic (exact) mass is 240 g/mol. The van der Waals surface area contributed by atoms with E-state index in [2.05, 4.69) is 15.5 Å². The molecule has 1 heterocycles. The van der Waals surface area contributed by atoms with Crippen LogP contribution in [0.5, 0.6) is 0 Å². The van der Waals surface area contributed by atoms with Gasteiger partial charge in [0.15, 0.2) is 5.82 Å². The number of nitrogens with one attached hydrogen (secondary N) is 1. The number of aryl methyl sites for hydroxylation is 1. The van der Waals surface area contributed by atoms with Crippen LogP contribution in [0.4, 0.5) is 0 Å². The minimum absolute atomic E-state index is 0.138. The van der Waals surface area contributed by atoms with Crippen molar-refractivity contribution in [3.05, 3.63) is 11.7 Å². The Bertz CT molecular complexity index is 404. The van der Waals surface area contributed by atoms with E-state index in [-0.39, 0.29) is 12.5 Å². The van der Waals surface area contributed by atoms with E-state index in [1.165, 1.54) is 0 Å². The first-order valence-corrected chi connectivity index (χ1v) is 5.51. The highest BCUT2D eigenvalue weighted by Gasteiger charge is 2.40. The van der Waals surface area contributed by atoms with Gasteiger partial charge in [-0.15, -0.1) is 0 Å². The van der Waals surface area contributed by atoms with Gasteiger partial charge >= 0.3 is 0 Å². The first-order chi connectivity index (χ1) is 7.64. The average molecular weight is 240 g/mol. The molecule has 0 bridgehead atoms. The SMILES string of the molecule is Cc1noc(CNC(=O)C(C)(C)C(C)(C)N)n1. The largest absolute Gasteiger partial charge is 0.346 e. The fourth-order valence-corrected chi connectivity index (χ4v) is 1.08. The van der Waals surface area contributed by atoms with Gasteiger partial charge in [-0.25, -0.2) is 0 Å². The molecule has 3 N–H and O–H groups in total. The zero-order chi connectivity index (χ0) is 13.3. The normalized spacial score (nSPS) is 12.6. The van der Waals surface area contributed by atoms with Crippen LogP contribution in [0.1, 0.15) is 39.4 Å². The fraction of sp³-hybridized carbons (Fsp3) is 0.727. The Morgan fingerprint density at radius 2 is 2.00 bits per heavy atom. The van der Waals surface area contributed by atoms with E-state index in [4.69, 9.17) is 10.3 Å². The van der Waals surface area contributed by atoms with Gasteiger partial charge in [0.25, 0.3) is 0 Å². The summed E-state index contributed by atoms with van der Waals surface area (Å²) in [5.74, 6) is 0.801. The standard InChI is InChI=1S/C11H20N4O2/c1-7-14-8(17-15-7)6-13-9(16)10(2,3)11(4,5)12/h6,12H2,1-5H3,(H,13,16). The summed E-state index contributed by atoms with van der Waals surface area (Å²) in [6.07, 6.45) is 0. The van der Waals surface area contributed by atoms with E-state index in [1.807, 2.05) is 13.8 Å². The lowest BCUT2D eigenvalue weighted by atomic mass is 9.74. The molecule has 1 aromatic heterocycles. The predicted molar refractivity (Wildman–Crippen MR) is 62.9 cm³/mol. The second kappa shape index (κ2) is 4.44. The molecule has 6 nitrogen and oxygen atoms in total. The van der Waals surface area contributed by atoms with Crippen LogP contribution in [0, 0.1) is 12.3 Å². The molecule has 17 heavy (non-hydrogen) atoms. The molecule has 0 aliphatic rings. The summed E-state index contributed by atoms with van der Waals surface area (Å²) in [4.78, 5) is 16.0. The van der Waals surface area contributed by atoms with E-state index < -0.39 is 11.0 Å². The Morgan fingerprint density at radius 1 is 1.41 bits per heavy atom. The highest BCUT2D eigenvalue weighted by molar-refractivity contribution is 5.83. The summed E-state index contributed by atoms with van der Waals surface area (Å²) in [6.45, 7) is 9.20. The minimum Gasteiger partial charge on any atom is -0.346 e. The van der Waals surface area contributed by atoms with Crippen molar-refractivity contribution < 1.29 is 9.32 Å². The molecule has 0 aliphatic carbocycles. The van der Waals surface area contributed by atoms with Crippen LogP contribution in [0.3, 0.4) is 0 Å². The van der Waals surface area contributed by atoms with E-state index in [0.717, 1.165) is 0 Å². The number of carbonyl (C=O) groups is 1. The number of hydrogen-bond donors (Lipinski definition) is 2. The van der Waals surface area contributed by atoms with Gasteiger partial charge in [0.05, 0.1) is 12.0 Å². The van der Waals surface area contributed by atoms with Crippen LogP contribution in [0.25, 0.3) is 0 Å². The Kier molecular flexibility index (Phi) is 3.56. The zero-order valence-electron chi connectivity index (χ0n) is 11.0. The number of hydrogen-bond acceptors (Lipinski definition) is 5. The molecule has 0 radical (unpaired) electrons. The molecule has 0 unspecified atom stereocenters. The predicted octanol–water partition coefficient (Wildman–Crippen LogP) is 0.758. The molecule has 1 aromatic rings. The third-order valence-electron chi connectivity index (χ3n) is 3.15. The molecular weight excluding hydrogens is 220 g/mol. The second-order valence-corrected chi connectivity index (χ2v) is 5.26. The number of rotatable bonds is 4. The molecule has 0 aliphatic heterocycles. The number of aromatic nitrogens is 2. The van der Waals surface area contributed by atoms with Gasteiger partial charge in [0.2, 0.25) is 11.8 Å². The lowest BCUT2D eigenvalue weighted by Crippen LogP contribution is -2.55. The molecule has 0 atom stereocenters. The summed E-state index contributed by atoms with van der Waals surface area (Å²) < 4.78 is 4.91. The van der Waals surface area contributed by atoms with Crippen molar-refractivity contribution in [2.24, 2.45) is 11.1 Å². The summed E-state index contributed by atoms with van der Waals surface area (Å²) in [5, 5.41) is 6.39. The lowest BCUT2D eigenvalue weighted by Gasteiger charge is -2.36. The minimum atomic E-state index is -0.679. The smallest absolute Gasteiger partial charge is 0.246 e. The van der Waals surface area contributed by atoms with Gasteiger partial charge in [0.1, 0.15) is 0 Å². The molecule has 0 aromatic carbocycles. The van der Waals surface area contributed by atoms with Crippen molar-refractivity contribution in [2.75, 3.05) is 0 Å². The Morgan fingerprint density at radius 3 is 2.41 bits per heavy atom. The zero-order valence-corrected chi connectivity index (χ0v) is 11.0. The summed E-state index contributed by atoms with van der Waals surface area (Å²) in [6, 6.07) is 0. The topological polar surface area (TPSA) is 94.0 Å². The van der Waals surface area contributed by atoms with Crippen LogP contribution in [0.15, 0.2) is 4.52 Å². The molecule has 96 valence electrons. The third kappa shape index (κ3) is 3.03. The van der Waals surface area contributed by atoms with Crippen molar-refractivity contribution in [2.45, 2.75) is 46.7 Å². The summed E-state index contributed by atoms with van der Waals surface area (Å²) in [7, 11) is 0. The maximum Gasteiger partial charge on any atom is 0.246 e. The maximum absolute atomic E-state index is 12.0. The van der Waals surface area contributed by atoms with E-state index in [9.17, 15) is 4.79 Å². The summed E-state index contributed by atoms with van der Waals surface area (Å²) >= 11 is 0. The van der Waals surface area contributed by atoms with Crippen LogP contribution in [-0.2, 0) is 11.3 Å². The Labute approximate surface area is 101 Å². The molecular formula is C11H20N4O2. The number of amides is 1. The maximum atomic E-state index is 12.0. The third-order valence-corrected chi connectivity index (χ3v) is 3.15. The van der Waals surface area contributed by atoms with Gasteiger partial charge in [-0.3, -0.25) is 4.79 Å². The van der Waals surface area contributed by atoms with Gasteiger partial charge in [-0.1, -0.05) is 5.16 Å². The molecule has 1 rings (SSSR count). The van der Waals surface area contributed by atoms with Crippen LogP contribution < -0.4 is 11.1 Å². The lowest BCUT2D eigenvalue weighted by molar-refractivity contribution is -0.132. The molecule has 6 heteroatoms. The van der Waals surface area contributed by atoms with Gasteiger partial charge in [-0.05, 0) is 34.6 Å². The van der Waals surface area contributed by atoms with Gasteiger partial charge < -0.3 is 15.6 Å². The second-order valence-electron chi connectivity index (χ2n) is 5.26. The Balaban J connectivity index is 2.61.